The van der Waals surface area contributed by atoms with Crippen LogP contribution in [0.3, 0.4) is 0 Å². The maximum atomic E-state index is 13.6. The fraction of sp³-hybridized carbons (Fsp3) is 0.400. The summed E-state index contributed by atoms with van der Waals surface area (Å²) in [6.45, 7) is 3.39. The molecular formula is C15H16ClF3N2O. The first-order valence-corrected chi connectivity index (χ1v) is 7.21. The van der Waals surface area contributed by atoms with E-state index in [2.05, 4.69) is 11.9 Å². The summed E-state index contributed by atoms with van der Waals surface area (Å²) in [5.41, 5.74) is 0.132. The van der Waals surface area contributed by atoms with Gasteiger partial charge in [-0.1, -0.05) is 17.7 Å². The first kappa shape index (κ1) is 16.8. The van der Waals surface area contributed by atoms with Gasteiger partial charge >= 0.3 is 6.18 Å². The number of alkyl halides is 3. The Labute approximate surface area is 131 Å². The molecular weight excluding hydrogens is 317 g/mol. The predicted molar refractivity (Wildman–Crippen MR) is 79.9 cm³/mol. The van der Waals surface area contributed by atoms with Crippen molar-refractivity contribution in [2.24, 2.45) is 0 Å². The molecule has 1 aromatic carbocycles. The Morgan fingerprint density at radius 1 is 1.45 bits per heavy atom. The molecule has 0 aliphatic carbocycles. The number of anilines is 1. The lowest BCUT2D eigenvalue weighted by molar-refractivity contribution is -0.186. The van der Waals surface area contributed by atoms with Gasteiger partial charge in [0.2, 0.25) is 5.91 Å². The number of carbonyl (C=O) groups excluding carboxylic acids is 1. The normalized spacial score (nSPS) is 19.3. The van der Waals surface area contributed by atoms with Gasteiger partial charge in [-0.3, -0.25) is 9.69 Å². The molecule has 0 radical (unpaired) electrons. The average Bonchev–Trinajstić information content (AvgIpc) is 2.53. The minimum absolute atomic E-state index is 0.0237. The van der Waals surface area contributed by atoms with E-state index in [1.165, 1.54) is 18.2 Å². The molecule has 0 bridgehead atoms. The van der Waals surface area contributed by atoms with Crippen LogP contribution in [0.1, 0.15) is 24.4 Å². The number of amides is 1. The third-order valence-corrected chi connectivity index (χ3v) is 3.69. The zero-order valence-electron chi connectivity index (χ0n) is 11.8. The van der Waals surface area contributed by atoms with Crippen LogP contribution in [-0.2, 0) is 4.79 Å². The number of unbranched alkanes of at least 4 members (excludes halogenated alkanes) is 1. The van der Waals surface area contributed by atoms with Gasteiger partial charge in [0.15, 0.2) is 0 Å². The molecule has 0 spiro atoms. The first-order chi connectivity index (χ1) is 10.3. The summed E-state index contributed by atoms with van der Waals surface area (Å²) in [5, 5.41) is 2.72. The molecule has 1 aromatic rings. The summed E-state index contributed by atoms with van der Waals surface area (Å²) in [6, 6.07) is 2.27. The predicted octanol–water partition coefficient (Wildman–Crippen LogP) is 4.16. The van der Waals surface area contributed by atoms with Crippen LogP contribution >= 0.6 is 11.6 Å². The summed E-state index contributed by atoms with van der Waals surface area (Å²) in [5.74, 6) is -0.464. The van der Waals surface area contributed by atoms with E-state index in [-0.39, 0.29) is 29.4 Å². The number of hydrogen-bond acceptors (Lipinski definition) is 2. The Balaban J connectivity index is 2.44. The van der Waals surface area contributed by atoms with Gasteiger partial charge in [-0.15, -0.1) is 6.58 Å². The number of nitrogens with zero attached hydrogens (tertiary/aromatic N) is 1. The molecule has 0 saturated carbocycles. The molecule has 1 heterocycles. The van der Waals surface area contributed by atoms with Crippen LogP contribution in [0.4, 0.5) is 18.9 Å². The maximum absolute atomic E-state index is 13.6. The Hall–Kier alpha value is -1.53. The smallest absolute Gasteiger partial charge is 0.325 e. The van der Waals surface area contributed by atoms with E-state index in [1.54, 1.807) is 6.08 Å². The highest BCUT2D eigenvalue weighted by Gasteiger charge is 2.47. The minimum Gasteiger partial charge on any atom is -0.325 e. The lowest BCUT2D eigenvalue weighted by Crippen LogP contribution is -2.41. The average molecular weight is 333 g/mol. The van der Waals surface area contributed by atoms with Crippen LogP contribution < -0.4 is 5.32 Å². The second-order valence-corrected chi connectivity index (χ2v) is 5.56. The number of hydrogen-bond donors (Lipinski definition) is 1. The molecule has 1 atom stereocenters. The summed E-state index contributed by atoms with van der Waals surface area (Å²) in [4.78, 5) is 13.0. The topological polar surface area (TPSA) is 32.3 Å². The molecule has 7 heteroatoms. The maximum Gasteiger partial charge on any atom is 0.408 e. The van der Waals surface area contributed by atoms with E-state index in [0.29, 0.717) is 12.8 Å². The molecule has 2 rings (SSSR count). The third kappa shape index (κ3) is 3.81. The Bertz CT molecular complexity index is 574. The van der Waals surface area contributed by atoms with Gasteiger partial charge in [0.25, 0.3) is 0 Å². The number of carbonyl (C=O) groups is 1. The highest BCUT2D eigenvalue weighted by atomic mass is 35.5. The van der Waals surface area contributed by atoms with Gasteiger partial charge < -0.3 is 5.32 Å². The van der Waals surface area contributed by atoms with Gasteiger partial charge in [-0.25, -0.2) is 0 Å². The molecule has 0 saturated heterocycles. The van der Waals surface area contributed by atoms with E-state index in [4.69, 9.17) is 11.6 Å². The Morgan fingerprint density at radius 2 is 2.18 bits per heavy atom. The fourth-order valence-corrected chi connectivity index (χ4v) is 2.75. The van der Waals surface area contributed by atoms with Gasteiger partial charge in [0.05, 0.1) is 6.54 Å². The third-order valence-electron chi connectivity index (χ3n) is 3.46. The van der Waals surface area contributed by atoms with Crippen molar-refractivity contribution in [1.29, 1.82) is 0 Å². The molecule has 1 aliphatic rings. The van der Waals surface area contributed by atoms with Crippen LogP contribution in [0.2, 0.25) is 5.02 Å². The molecule has 120 valence electrons. The lowest BCUT2D eigenvalue weighted by atomic mass is 10.0. The van der Waals surface area contributed by atoms with Crippen LogP contribution in [0, 0.1) is 0 Å². The van der Waals surface area contributed by atoms with E-state index in [0.717, 1.165) is 4.90 Å². The van der Waals surface area contributed by atoms with Crippen LogP contribution in [0.5, 0.6) is 0 Å². The van der Waals surface area contributed by atoms with Gasteiger partial charge in [0, 0.05) is 16.3 Å². The van der Waals surface area contributed by atoms with Crippen molar-refractivity contribution in [2.75, 3.05) is 18.4 Å². The Morgan fingerprint density at radius 3 is 2.82 bits per heavy atom. The second kappa shape index (κ2) is 6.71. The zero-order chi connectivity index (χ0) is 16.3. The van der Waals surface area contributed by atoms with Crippen molar-refractivity contribution in [3.8, 4) is 0 Å². The summed E-state index contributed by atoms with van der Waals surface area (Å²) in [6.07, 6.45) is -1.77. The van der Waals surface area contributed by atoms with Crippen molar-refractivity contribution in [1.82, 2.24) is 4.90 Å². The van der Waals surface area contributed by atoms with Crippen molar-refractivity contribution in [2.45, 2.75) is 25.1 Å². The van der Waals surface area contributed by atoms with Crippen LogP contribution in [0.15, 0.2) is 30.9 Å². The Kier molecular flexibility index (Phi) is 5.13. The molecule has 1 N–H and O–H groups in total. The summed E-state index contributed by atoms with van der Waals surface area (Å²) < 4.78 is 40.7. The number of halogens is 4. The van der Waals surface area contributed by atoms with E-state index in [9.17, 15) is 18.0 Å². The first-order valence-electron chi connectivity index (χ1n) is 6.84. The highest BCUT2D eigenvalue weighted by molar-refractivity contribution is 6.30. The molecule has 0 aromatic heterocycles. The number of rotatable bonds is 4. The van der Waals surface area contributed by atoms with E-state index >= 15 is 0 Å². The molecule has 22 heavy (non-hydrogen) atoms. The van der Waals surface area contributed by atoms with Crippen molar-refractivity contribution in [3.63, 3.8) is 0 Å². The summed E-state index contributed by atoms with van der Waals surface area (Å²) in [7, 11) is 0. The summed E-state index contributed by atoms with van der Waals surface area (Å²) >= 11 is 5.84. The van der Waals surface area contributed by atoms with E-state index in [1.807, 2.05) is 0 Å². The number of allylic oxidation sites excluding steroid dienone is 1. The lowest BCUT2D eigenvalue weighted by Gasteiger charge is -2.31. The second-order valence-electron chi connectivity index (χ2n) is 5.13. The molecule has 1 unspecified atom stereocenters. The fourth-order valence-electron chi connectivity index (χ4n) is 2.57. The zero-order valence-corrected chi connectivity index (χ0v) is 12.5. The molecule has 3 nitrogen and oxygen atoms in total. The molecule has 1 amide bonds. The van der Waals surface area contributed by atoms with Crippen molar-refractivity contribution >= 4 is 23.2 Å². The van der Waals surface area contributed by atoms with Gasteiger partial charge in [-0.2, -0.15) is 13.2 Å². The molecule has 1 aliphatic heterocycles. The van der Waals surface area contributed by atoms with Gasteiger partial charge in [-0.05, 0) is 37.6 Å². The van der Waals surface area contributed by atoms with E-state index < -0.39 is 18.1 Å². The quantitative estimate of drug-likeness (QED) is 0.663. The monoisotopic (exact) mass is 332 g/mol. The number of benzene rings is 1. The highest BCUT2D eigenvalue weighted by Crippen LogP contribution is 2.43. The number of nitrogens with one attached hydrogen (secondary N) is 1. The largest absolute Gasteiger partial charge is 0.408 e. The van der Waals surface area contributed by atoms with Crippen molar-refractivity contribution < 1.29 is 18.0 Å². The SMILES string of the molecule is C=CCCCN1CC(=O)Nc2ccc(Cl)cc2C1C(F)(F)F. The van der Waals surface area contributed by atoms with Crippen molar-refractivity contribution in [3.05, 3.63) is 41.4 Å². The van der Waals surface area contributed by atoms with Crippen LogP contribution in [-0.4, -0.2) is 30.1 Å². The molecule has 0 fully saturated rings. The standard InChI is InChI=1S/C15H16ClF3N2O/c1-2-3-4-7-21-9-13(22)20-12-6-5-10(16)8-11(12)14(21)15(17,18)19/h2,5-6,8,14H,1,3-4,7,9H2,(H,20,22). The van der Waals surface area contributed by atoms with Crippen LogP contribution in [0.25, 0.3) is 0 Å². The number of fused-ring (bicyclic) bond motifs is 1. The minimum atomic E-state index is -4.50. The van der Waals surface area contributed by atoms with Gasteiger partial charge in [0.1, 0.15) is 6.04 Å².